The van der Waals surface area contributed by atoms with Crippen molar-refractivity contribution in [1.29, 1.82) is 0 Å². The van der Waals surface area contributed by atoms with Gasteiger partial charge in [-0.25, -0.2) is 8.42 Å². The van der Waals surface area contributed by atoms with Crippen LogP contribution in [0.2, 0.25) is 0 Å². The number of hydrogen-bond acceptors (Lipinski definition) is 4. The molecule has 1 N–H and O–H groups in total. The van der Waals surface area contributed by atoms with Crippen molar-refractivity contribution in [2.24, 2.45) is 0 Å². The Labute approximate surface area is 232 Å². The second kappa shape index (κ2) is 13.4. The molecular formula is C31H39N3O4S. The summed E-state index contributed by atoms with van der Waals surface area (Å²) >= 11 is 0. The van der Waals surface area contributed by atoms with Gasteiger partial charge in [-0.3, -0.25) is 13.9 Å². The van der Waals surface area contributed by atoms with E-state index in [0.717, 1.165) is 44.8 Å². The van der Waals surface area contributed by atoms with E-state index in [1.807, 2.05) is 100 Å². The summed E-state index contributed by atoms with van der Waals surface area (Å²) in [6.45, 7) is 7.84. The van der Waals surface area contributed by atoms with Crippen molar-refractivity contribution in [3.8, 4) is 0 Å². The predicted molar refractivity (Wildman–Crippen MR) is 157 cm³/mol. The summed E-state index contributed by atoms with van der Waals surface area (Å²) in [5, 5.41) is 2.95. The maximum atomic E-state index is 14.1. The maximum absolute atomic E-state index is 14.1. The molecule has 0 aliphatic heterocycles. The van der Waals surface area contributed by atoms with Crippen LogP contribution < -0.4 is 9.62 Å². The van der Waals surface area contributed by atoms with E-state index in [2.05, 4.69) is 5.32 Å². The number of para-hydroxylation sites is 1. The lowest BCUT2D eigenvalue weighted by atomic mass is 10.0. The van der Waals surface area contributed by atoms with Gasteiger partial charge in [0.2, 0.25) is 21.8 Å². The van der Waals surface area contributed by atoms with Crippen LogP contribution in [0.1, 0.15) is 41.2 Å². The molecule has 0 aliphatic rings. The van der Waals surface area contributed by atoms with Gasteiger partial charge in [0.1, 0.15) is 12.6 Å². The van der Waals surface area contributed by atoms with Crippen molar-refractivity contribution >= 4 is 27.5 Å². The Hall–Kier alpha value is -3.65. The smallest absolute Gasteiger partial charge is 0.244 e. The van der Waals surface area contributed by atoms with Crippen molar-refractivity contribution in [3.63, 3.8) is 0 Å². The second-order valence-corrected chi connectivity index (χ2v) is 11.9. The van der Waals surface area contributed by atoms with Gasteiger partial charge in [-0.2, -0.15) is 0 Å². The lowest BCUT2D eigenvalue weighted by molar-refractivity contribution is -0.140. The highest BCUT2D eigenvalue weighted by molar-refractivity contribution is 7.92. The molecule has 208 valence electrons. The van der Waals surface area contributed by atoms with Gasteiger partial charge in [-0.15, -0.1) is 0 Å². The summed E-state index contributed by atoms with van der Waals surface area (Å²) in [7, 11) is -3.80. The molecule has 0 radical (unpaired) electrons. The standard InChI is InChI=1S/C31H39N3O4S/c1-6-19-32-31(36)28(20-26-13-8-7-9-14-26)33(21-27-17-15-23(2)16-18-27)29(35)22-34(39(5,37)38)30-24(3)11-10-12-25(30)4/h7-18,28H,6,19-22H2,1-5H3,(H,32,36)/t28-/m0/s1. The average Bonchev–Trinajstić information content (AvgIpc) is 2.89. The maximum Gasteiger partial charge on any atom is 0.244 e. The van der Waals surface area contributed by atoms with Crippen LogP contribution in [0.25, 0.3) is 0 Å². The van der Waals surface area contributed by atoms with Gasteiger partial charge >= 0.3 is 0 Å². The number of carbonyl (C=O) groups is 2. The Balaban J connectivity index is 2.07. The number of aryl methyl sites for hydroxylation is 3. The highest BCUT2D eigenvalue weighted by Gasteiger charge is 2.33. The lowest BCUT2D eigenvalue weighted by Crippen LogP contribution is -2.53. The molecule has 0 aromatic heterocycles. The number of amides is 2. The SMILES string of the molecule is CCCNC(=O)[C@H](Cc1ccccc1)N(Cc1ccc(C)cc1)C(=O)CN(c1c(C)cccc1C)S(C)(=O)=O. The van der Waals surface area contributed by atoms with Crippen molar-refractivity contribution in [2.45, 2.75) is 53.1 Å². The molecule has 8 heteroatoms. The van der Waals surface area contributed by atoms with Gasteiger partial charge in [0.25, 0.3) is 0 Å². The van der Waals surface area contributed by atoms with Crippen molar-refractivity contribution in [1.82, 2.24) is 10.2 Å². The van der Waals surface area contributed by atoms with E-state index in [1.54, 1.807) is 0 Å². The summed E-state index contributed by atoms with van der Waals surface area (Å²) < 4.78 is 27.2. The molecule has 0 bridgehead atoms. The molecular weight excluding hydrogens is 510 g/mol. The van der Waals surface area contributed by atoms with E-state index in [-0.39, 0.29) is 12.5 Å². The van der Waals surface area contributed by atoms with Gasteiger partial charge in [0.05, 0.1) is 11.9 Å². The molecule has 0 spiro atoms. The van der Waals surface area contributed by atoms with Crippen LogP contribution in [-0.2, 0) is 32.6 Å². The Morgan fingerprint density at radius 2 is 1.46 bits per heavy atom. The first-order valence-electron chi connectivity index (χ1n) is 13.2. The summed E-state index contributed by atoms with van der Waals surface area (Å²) in [5.74, 6) is -0.713. The monoisotopic (exact) mass is 549 g/mol. The minimum Gasteiger partial charge on any atom is -0.354 e. The van der Waals surface area contributed by atoms with Crippen LogP contribution in [0.4, 0.5) is 5.69 Å². The third-order valence-corrected chi connectivity index (χ3v) is 7.77. The summed E-state index contributed by atoms with van der Waals surface area (Å²) in [4.78, 5) is 29.2. The number of rotatable bonds is 12. The Morgan fingerprint density at radius 3 is 2.03 bits per heavy atom. The Morgan fingerprint density at radius 1 is 0.846 bits per heavy atom. The van der Waals surface area contributed by atoms with Crippen LogP contribution in [0.5, 0.6) is 0 Å². The summed E-state index contributed by atoms with van der Waals surface area (Å²) in [6.07, 6.45) is 2.16. The molecule has 39 heavy (non-hydrogen) atoms. The number of nitrogens with one attached hydrogen (secondary N) is 1. The van der Waals surface area contributed by atoms with E-state index in [4.69, 9.17) is 0 Å². The van der Waals surface area contributed by atoms with Crippen molar-refractivity contribution in [2.75, 3.05) is 23.7 Å². The molecule has 0 fully saturated rings. The van der Waals surface area contributed by atoms with Gasteiger partial charge in [-0.05, 0) is 49.4 Å². The third-order valence-electron chi connectivity index (χ3n) is 6.66. The zero-order valence-corrected chi connectivity index (χ0v) is 24.3. The van der Waals surface area contributed by atoms with Crippen molar-refractivity contribution in [3.05, 3.63) is 101 Å². The zero-order valence-electron chi connectivity index (χ0n) is 23.5. The number of nitrogens with zero attached hydrogens (tertiary/aromatic N) is 2. The molecule has 0 unspecified atom stereocenters. The van der Waals surface area contributed by atoms with E-state index < -0.39 is 28.5 Å². The fourth-order valence-corrected chi connectivity index (χ4v) is 5.55. The molecule has 3 rings (SSSR count). The molecule has 3 aromatic carbocycles. The predicted octanol–water partition coefficient (Wildman–Crippen LogP) is 4.54. The molecule has 0 heterocycles. The molecule has 0 saturated heterocycles. The number of benzene rings is 3. The topological polar surface area (TPSA) is 86.8 Å². The highest BCUT2D eigenvalue weighted by Crippen LogP contribution is 2.27. The van der Waals surface area contributed by atoms with Crippen molar-refractivity contribution < 1.29 is 18.0 Å². The minimum absolute atomic E-state index is 0.167. The normalized spacial score (nSPS) is 12.0. The number of hydrogen-bond donors (Lipinski definition) is 1. The third kappa shape index (κ3) is 8.17. The summed E-state index contributed by atoms with van der Waals surface area (Å²) in [5.41, 5.74) is 4.83. The van der Waals surface area contributed by atoms with Crippen LogP contribution >= 0.6 is 0 Å². The largest absolute Gasteiger partial charge is 0.354 e. The van der Waals surface area contributed by atoms with E-state index >= 15 is 0 Å². The average molecular weight is 550 g/mol. The first kappa shape index (κ1) is 29.9. The van der Waals surface area contributed by atoms with Crippen LogP contribution in [0.3, 0.4) is 0 Å². The summed E-state index contributed by atoms with van der Waals surface area (Å²) in [6, 6.07) is 22.0. The van der Waals surface area contributed by atoms with Gasteiger partial charge in [0.15, 0.2) is 0 Å². The molecule has 1 atom stereocenters. The molecule has 3 aromatic rings. The molecule has 0 saturated carbocycles. The number of carbonyl (C=O) groups excluding carboxylic acids is 2. The second-order valence-electron chi connectivity index (χ2n) is 10.0. The Bertz CT molecular complexity index is 1350. The minimum atomic E-state index is -3.80. The zero-order chi connectivity index (χ0) is 28.6. The first-order valence-corrected chi connectivity index (χ1v) is 15.1. The molecule has 0 aliphatic carbocycles. The van der Waals surface area contributed by atoms with Gasteiger partial charge in [0, 0.05) is 19.5 Å². The van der Waals surface area contributed by atoms with E-state index in [9.17, 15) is 18.0 Å². The van der Waals surface area contributed by atoms with E-state index in [0.29, 0.717) is 18.7 Å². The fraction of sp³-hybridized carbons (Fsp3) is 0.355. The molecule has 7 nitrogen and oxygen atoms in total. The fourth-order valence-electron chi connectivity index (χ4n) is 4.59. The van der Waals surface area contributed by atoms with Gasteiger partial charge < -0.3 is 10.2 Å². The highest BCUT2D eigenvalue weighted by atomic mass is 32.2. The van der Waals surface area contributed by atoms with Crippen LogP contribution in [0, 0.1) is 20.8 Å². The van der Waals surface area contributed by atoms with E-state index in [1.165, 1.54) is 4.90 Å². The number of sulfonamides is 1. The Kier molecular flexibility index (Phi) is 10.3. The quantitative estimate of drug-likeness (QED) is 0.359. The number of anilines is 1. The van der Waals surface area contributed by atoms with Gasteiger partial charge in [-0.1, -0.05) is 85.3 Å². The van der Waals surface area contributed by atoms with Crippen LogP contribution in [0.15, 0.2) is 72.8 Å². The lowest BCUT2D eigenvalue weighted by Gasteiger charge is -2.34. The van der Waals surface area contributed by atoms with Crippen LogP contribution in [-0.4, -0.2) is 50.5 Å². The molecule has 2 amide bonds. The first-order chi connectivity index (χ1) is 18.5.